The lowest BCUT2D eigenvalue weighted by atomic mass is 9.22. The fourth-order valence-corrected chi connectivity index (χ4v) is 3.71. The number of likely N-dealkylation sites (tertiary alicyclic amines) is 1. The van der Waals surface area contributed by atoms with Crippen LogP contribution in [0.1, 0.15) is 30.1 Å². The number of rotatable bonds is 8. The lowest BCUT2D eigenvalue weighted by Crippen LogP contribution is -2.64. The van der Waals surface area contributed by atoms with Crippen molar-refractivity contribution in [3.63, 3.8) is 0 Å². The van der Waals surface area contributed by atoms with Crippen LogP contribution in [-0.2, 0) is 4.79 Å². The van der Waals surface area contributed by atoms with Crippen LogP contribution in [0.5, 0.6) is 0 Å². The minimum absolute atomic E-state index is 0.0443. The van der Waals surface area contributed by atoms with Gasteiger partial charge in [0.05, 0.1) is 53.6 Å². The van der Waals surface area contributed by atoms with Crippen molar-refractivity contribution in [2.24, 2.45) is 5.92 Å². The Bertz CT molecular complexity index is 807. The summed E-state index contributed by atoms with van der Waals surface area (Å²) in [7, 11) is 34.4. The van der Waals surface area contributed by atoms with Crippen molar-refractivity contribution in [2.75, 3.05) is 26.2 Å². The number of carbonyl (C=O) groups is 2. The Morgan fingerprint density at radius 1 is 1.09 bits per heavy atom. The van der Waals surface area contributed by atoms with Crippen LogP contribution in [0.15, 0.2) is 18.2 Å². The summed E-state index contributed by atoms with van der Waals surface area (Å²) in [5.74, 6) is -1.19. The molecule has 2 N–H and O–H groups in total. The molecule has 0 aromatic heterocycles. The van der Waals surface area contributed by atoms with Crippen molar-refractivity contribution in [2.45, 2.75) is 35.5 Å². The topological polar surface area (TPSA) is 61.4 Å². The van der Waals surface area contributed by atoms with Gasteiger partial charge in [0.1, 0.15) is 5.82 Å². The molecule has 1 aromatic rings. The number of hydrogen-bond acceptors (Lipinski definition) is 3. The van der Waals surface area contributed by atoms with Crippen LogP contribution in [-0.4, -0.2) is 95.5 Å². The van der Waals surface area contributed by atoms with Crippen LogP contribution in [0.3, 0.4) is 0 Å². The number of nitrogens with one attached hydrogen (secondary N) is 2. The monoisotopic (exact) mass is 443 g/mol. The van der Waals surface area contributed by atoms with E-state index in [2.05, 4.69) is 10.6 Å². The molecule has 156 valence electrons. The van der Waals surface area contributed by atoms with E-state index in [1.54, 1.807) is 0 Å². The second-order valence-corrected chi connectivity index (χ2v) is 9.06. The smallest absolute Gasteiger partial charge is 0.251 e. The van der Waals surface area contributed by atoms with E-state index in [4.69, 9.17) is 58.7 Å². The molecule has 2 rings (SSSR count). The third-order valence-electron chi connectivity index (χ3n) is 5.87. The summed E-state index contributed by atoms with van der Waals surface area (Å²) < 4.78 is 13.4. The van der Waals surface area contributed by atoms with Gasteiger partial charge in [-0.15, -0.1) is 10.2 Å². The van der Waals surface area contributed by atoms with Crippen molar-refractivity contribution in [1.29, 1.82) is 0 Å². The van der Waals surface area contributed by atoms with E-state index in [1.165, 1.54) is 13.0 Å². The molecule has 0 atom stereocenters. The number of benzene rings is 1. The highest BCUT2D eigenvalue weighted by Crippen LogP contribution is 2.42. The van der Waals surface area contributed by atoms with Gasteiger partial charge in [-0.3, -0.25) is 14.5 Å². The SMILES string of the molecule is [B]C([B])([B])C(C)(NC(=O)CN1CCC(CNC(=O)c2cc(F)cc(Cl)c2)CC1)C([B])([B])[B]. The summed E-state index contributed by atoms with van der Waals surface area (Å²) in [4.78, 5) is 26.7. The van der Waals surface area contributed by atoms with Crippen LogP contribution in [0.4, 0.5) is 4.39 Å². The first kappa shape index (κ1) is 27.0. The van der Waals surface area contributed by atoms with Gasteiger partial charge in [-0.1, -0.05) is 11.6 Å². The third-order valence-corrected chi connectivity index (χ3v) is 6.09. The lowest BCUT2D eigenvalue weighted by molar-refractivity contribution is -0.124. The molecule has 1 aliphatic rings. The maximum atomic E-state index is 13.4. The van der Waals surface area contributed by atoms with Crippen molar-refractivity contribution >= 4 is 70.5 Å². The van der Waals surface area contributed by atoms with Crippen LogP contribution in [0.25, 0.3) is 0 Å². The zero-order valence-electron chi connectivity index (χ0n) is 18.0. The largest absolute Gasteiger partial charge is 0.353 e. The van der Waals surface area contributed by atoms with Gasteiger partial charge in [-0.25, -0.2) is 4.39 Å². The summed E-state index contributed by atoms with van der Waals surface area (Å²) in [6.45, 7) is 3.09. The predicted octanol–water partition coefficient (Wildman–Crippen LogP) is -0.0458. The Morgan fingerprint density at radius 2 is 1.66 bits per heavy atom. The summed E-state index contributed by atoms with van der Waals surface area (Å²) in [6, 6.07) is 3.68. The fraction of sp³-hybridized carbons (Fsp3) is 0.579. The number of carbonyl (C=O) groups excluding carboxylic acids is 2. The molecule has 2 amide bonds. The number of hydrogen-bond donors (Lipinski definition) is 2. The van der Waals surface area contributed by atoms with E-state index in [9.17, 15) is 14.0 Å². The molecule has 0 spiro atoms. The van der Waals surface area contributed by atoms with Gasteiger partial charge in [-0.05, 0) is 57.0 Å². The van der Waals surface area contributed by atoms with E-state index in [0.717, 1.165) is 25.0 Å². The number of nitrogens with zero attached hydrogens (tertiary/aromatic N) is 1. The highest BCUT2D eigenvalue weighted by molar-refractivity contribution is 6.65. The standard InChI is InChI=1S/C19H21B6ClFN3O2/c1-17(18(20,21)22,19(23,24)25)29-15(31)10-30-4-2-11(3-5-30)9-28-16(32)12-6-13(26)8-14(27)7-12/h6-8,11H,2-5,9-10H2,1H3,(H,28,32)(H,29,31). The molecule has 5 nitrogen and oxygen atoms in total. The average Bonchev–Trinajstić information content (AvgIpc) is 2.64. The molecule has 1 aromatic carbocycles. The number of piperidine rings is 1. The van der Waals surface area contributed by atoms with Crippen molar-refractivity contribution in [3.8, 4) is 0 Å². The summed E-state index contributed by atoms with van der Waals surface area (Å²) in [6.07, 6.45) is 1.50. The Morgan fingerprint density at radius 3 is 2.16 bits per heavy atom. The van der Waals surface area contributed by atoms with Gasteiger partial charge >= 0.3 is 0 Å². The van der Waals surface area contributed by atoms with E-state index >= 15 is 0 Å². The molecule has 0 unspecified atom stereocenters. The molecule has 1 aliphatic heterocycles. The van der Waals surface area contributed by atoms with Gasteiger partial charge in [0, 0.05) is 22.7 Å². The summed E-state index contributed by atoms with van der Waals surface area (Å²) >= 11 is 5.79. The Hall–Kier alpha value is -1.27. The number of halogens is 2. The van der Waals surface area contributed by atoms with Gasteiger partial charge < -0.3 is 10.6 Å². The Balaban J connectivity index is 1.82. The third kappa shape index (κ3) is 6.86. The molecular weight excluding hydrogens is 422 g/mol. The molecule has 0 bridgehead atoms. The van der Waals surface area contributed by atoms with Crippen molar-refractivity contribution in [3.05, 3.63) is 34.6 Å². The zero-order valence-corrected chi connectivity index (χ0v) is 18.8. The Labute approximate surface area is 202 Å². The zero-order chi connectivity index (χ0) is 24.3. The van der Waals surface area contributed by atoms with Crippen LogP contribution in [0, 0.1) is 11.7 Å². The quantitative estimate of drug-likeness (QED) is 0.555. The molecule has 1 fully saturated rings. The van der Waals surface area contributed by atoms with Gasteiger partial charge in [-0.2, -0.15) is 0 Å². The fourth-order valence-electron chi connectivity index (χ4n) is 3.49. The molecule has 1 heterocycles. The first-order chi connectivity index (χ1) is 14.6. The first-order valence-corrected chi connectivity index (χ1v) is 10.5. The molecule has 1 saturated heterocycles. The molecule has 12 radical (unpaired) electrons. The van der Waals surface area contributed by atoms with Gasteiger partial charge in [0.2, 0.25) is 5.91 Å². The molecular formula is C19H21B6ClFN3O2. The van der Waals surface area contributed by atoms with Crippen LogP contribution >= 0.6 is 11.6 Å². The maximum absolute atomic E-state index is 13.4. The minimum Gasteiger partial charge on any atom is -0.353 e. The maximum Gasteiger partial charge on any atom is 0.251 e. The van der Waals surface area contributed by atoms with Gasteiger partial charge in [0.15, 0.2) is 0 Å². The molecule has 0 aliphatic carbocycles. The summed E-state index contributed by atoms with van der Waals surface area (Å²) in [5, 5.41) is 1.60. The summed E-state index contributed by atoms with van der Waals surface area (Å²) in [5.41, 5.74) is -1.52. The highest BCUT2D eigenvalue weighted by Gasteiger charge is 2.45. The van der Waals surface area contributed by atoms with E-state index in [0.29, 0.717) is 19.6 Å². The molecule has 0 saturated carbocycles. The molecule has 32 heavy (non-hydrogen) atoms. The normalized spacial score (nSPS) is 16.5. The highest BCUT2D eigenvalue weighted by atomic mass is 35.5. The second kappa shape index (κ2) is 10.3. The van der Waals surface area contributed by atoms with Crippen molar-refractivity contribution in [1.82, 2.24) is 15.5 Å². The Kier molecular flexibility index (Phi) is 8.71. The van der Waals surface area contributed by atoms with E-state index in [-0.39, 0.29) is 23.0 Å². The first-order valence-electron chi connectivity index (χ1n) is 10.1. The minimum atomic E-state index is -1.96. The lowest BCUT2D eigenvalue weighted by Gasteiger charge is -2.54. The van der Waals surface area contributed by atoms with E-state index in [1.807, 2.05) is 4.90 Å². The van der Waals surface area contributed by atoms with Gasteiger partial charge in [0.25, 0.3) is 5.91 Å². The van der Waals surface area contributed by atoms with Crippen LogP contribution < -0.4 is 10.6 Å². The molecule has 13 heteroatoms. The van der Waals surface area contributed by atoms with Crippen LogP contribution in [0.2, 0.25) is 15.2 Å². The second-order valence-electron chi connectivity index (χ2n) is 8.63. The predicted molar refractivity (Wildman–Crippen MR) is 129 cm³/mol. The number of amides is 2. The van der Waals surface area contributed by atoms with Crippen molar-refractivity contribution < 1.29 is 14.0 Å². The average molecular weight is 443 g/mol. The van der Waals surface area contributed by atoms with E-state index < -0.39 is 33.4 Å².